The van der Waals surface area contributed by atoms with Crippen LogP contribution in [0.15, 0.2) is 60.1 Å². The zero-order valence-corrected chi connectivity index (χ0v) is 14.1. The minimum Gasteiger partial charge on any atom is -0.339 e. The number of hydrogen-bond donors (Lipinski definition) is 1. The number of aryl methyl sites for hydroxylation is 1. The van der Waals surface area contributed by atoms with Crippen molar-refractivity contribution in [3.05, 3.63) is 60.7 Å². The first-order valence-corrected chi connectivity index (χ1v) is 7.21. The molecule has 1 aromatic heterocycles. The summed E-state index contributed by atoms with van der Waals surface area (Å²) in [7, 11) is 0. The van der Waals surface area contributed by atoms with Gasteiger partial charge in [0.1, 0.15) is 5.84 Å². The lowest BCUT2D eigenvalue weighted by molar-refractivity contribution is 0.651. The highest BCUT2D eigenvalue weighted by Gasteiger charge is 2.18. The maximum Gasteiger partial charge on any atom is 0.133 e. The number of rotatable bonds is 4. The van der Waals surface area contributed by atoms with Crippen molar-refractivity contribution < 1.29 is 0 Å². The van der Waals surface area contributed by atoms with E-state index in [4.69, 9.17) is 4.99 Å². The number of anilines is 1. The second kappa shape index (κ2) is 7.49. The Morgan fingerprint density at radius 1 is 1.09 bits per heavy atom. The van der Waals surface area contributed by atoms with Gasteiger partial charge in [-0.25, -0.2) is 4.98 Å². The Bertz CT molecular complexity index is 807. The summed E-state index contributed by atoms with van der Waals surface area (Å²) in [5, 5.41) is 5.98. The van der Waals surface area contributed by atoms with Gasteiger partial charge in [-0.1, -0.05) is 30.3 Å². The van der Waals surface area contributed by atoms with E-state index in [-0.39, 0.29) is 24.8 Å². The zero-order valence-electron chi connectivity index (χ0n) is 12.5. The van der Waals surface area contributed by atoms with Crippen molar-refractivity contribution in [1.82, 2.24) is 9.55 Å². The fourth-order valence-corrected chi connectivity index (χ4v) is 2.83. The summed E-state index contributed by atoms with van der Waals surface area (Å²) < 4.78 is 2.08. The van der Waals surface area contributed by atoms with Crippen LogP contribution in [0.5, 0.6) is 0 Å². The Kier molecular flexibility index (Phi) is 5.64. The van der Waals surface area contributed by atoms with Crippen molar-refractivity contribution in [2.75, 3.05) is 11.9 Å². The van der Waals surface area contributed by atoms with Gasteiger partial charge in [0, 0.05) is 42.1 Å². The largest absolute Gasteiger partial charge is 0.339 e. The van der Waals surface area contributed by atoms with E-state index in [2.05, 4.69) is 51.3 Å². The van der Waals surface area contributed by atoms with E-state index in [1.807, 2.05) is 18.7 Å². The van der Waals surface area contributed by atoms with Crippen LogP contribution in [0.2, 0.25) is 0 Å². The van der Waals surface area contributed by atoms with Gasteiger partial charge in [-0.2, -0.15) is 0 Å². The molecular weight excluding hydrogens is 331 g/mol. The Labute approximate surface area is 147 Å². The van der Waals surface area contributed by atoms with Crippen molar-refractivity contribution in [3.8, 4) is 0 Å². The lowest BCUT2D eigenvalue weighted by atomic mass is 10.1. The number of amidine groups is 1. The maximum absolute atomic E-state index is 4.73. The third-order valence-electron chi connectivity index (χ3n) is 3.82. The molecule has 0 saturated heterocycles. The van der Waals surface area contributed by atoms with Gasteiger partial charge in [0.05, 0.1) is 6.33 Å². The molecule has 1 aliphatic rings. The van der Waals surface area contributed by atoms with Crippen molar-refractivity contribution in [1.29, 1.82) is 0 Å². The van der Waals surface area contributed by atoms with Crippen LogP contribution in [0, 0.1) is 0 Å². The minimum absolute atomic E-state index is 0. The molecule has 1 aliphatic heterocycles. The van der Waals surface area contributed by atoms with Crippen LogP contribution in [-0.2, 0) is 6.54 Å². The van der Waals surface area contributed by atoms with Crippen LogP contribution in [0.3, 0.4) is 0 Å². The monoisotopic (exact) mass is 348 g/mol. The Balaban J connectivity index is 0.000000960. The molecule has 0 aliphatic carbocycles. The van der Waals surface area contributed by atoms with E-state index in [1.165, 1.54) is 16.3 Å². The number of aromatic nitrogens is 2. The van der Waals surface area contributed by atoms with Crippen molar-refractivity contribution >= 4 is 47.1 Å². The number of halogens is 2. The fraction of sp³-hybridized carbons (Fsp3) is 0.176. The first kappa shape index (κ1) is 17.3. The summed E-state index contributed by atoms with van der Waals surface area (Å²) in [6, 6.07) is 12.7. The predicted molar refractivity (Wildman–Crippen MR) is 100 cm³/mol. The standard InChI is InChI=1S/C17H16N4.2ClH/c1-4-13-5-2-7-15-16(13)14(6-1)17(20-15)19-8-3-10-21-11-9-18-12-21;;/h1-2,4-7,9,11-12H,3,8,10H2,(H,19,20);2*1H. The van der Waals surface area contributed by atoms with Crippen LogP contribution in [0.4, 0.5) is 5.69 Å². The number of nitrogens with zero attached hydrogens (tertiary/aromatic N) is 3. The van der Waals surface area contributed by atoms with Gasteiger partial charge in [0.2, 0.25) is 0 Å². The summed E-state index contributed by atoms with van der Waals surface area (Å²) >= 11 is 0. The highest BCUT2D eigenvalue weighted by Crippen LogP contribution is 2.32. The SMILES string of the molecule is Cl.Cl.c1cc2c3c(cccc3c1)C(=NCCCn1ccnc1)N2. The second-order valence-corrected chi connectivity index (χ2v) is 5.22. The van der Waals surface area contributed by atoms with Crippen LogP contribution in [-0.4, -0.2) is 21.9 Å². The van der Waals surface area contributed by atoms with Gasteiger partial charge < -0.3 is 9.88 Å². The van der Waals surface area contributed by atoms with Crippen LogP contribution >= 0.6 is 24.8 Å². The van der Waals surface area contributed by atoms with Crippen LogP contribution in [0.1, 0.15) is 12.0 Å². The lowest BCUT2D eigenvalue weighted by Crippen LogP contribution is -2.08. The Morgan fingerprint density at radius 3 is 2.70 bits per heavy atom. The Morgan fingerprint density at radius 2 is 1.91 bits per heavy atom. The number of benzene rings is 2. The highest BCUT2D eigenvalue weighted by atomic mass is 35.5. The van der Waals surface area contributed by atoms with E-state index >= 15 is 0 Å². The van der Waals surface area contributed by atoms with Gasteiger partial charge >= 0.3 is 0 Å². The molecule has 4 rings (SSSR count). The van der Waals surface area contributed by atoms with E-state index in [0.29, 0.717) is 0 Å². The lowest BCUT2D eigenvalue weighted by Gasteiger charge is -2.02. The quantitative estimate of drug-likeness (QED) is 0.720. The predicted octanol–water partition coefficient (Wildman–Crippen LogP) is 4.14. The average Bonchev–Trinajstić information content (AvgIpc) is 3.14. The molecule has 1 N–H and O–H groups in total. The van der Waals surface area contributed by atoms with Crippen LogP contribution < -0.4 is 5.32 Å². The summed E-state index contributed by atoms with van der Waals surface area (Å²) in [6.45, 7) is 1.76. The first-order valence-electron chi connectivity index (χ1n) is 7.21. The molecule has 3 aromatic rings. The molecule has 120 valence electrons. The van der Waals surface area contributed by atoms with E-state index in [0.717, 1.165) is 31.0 Å². The summed E-state index contributed by atoms with van der Waals surface area (Å²) in [5.41, 5.74) is 2.38. The van der Waals surface area contributed by atoms with E-state index in [1.54, 1.807) is 0 Å². The molecule has 0 bridgehead atoms. The fourth-order valence-electron chi connectivity index (χ4n) is 2.83. The molecule has 4 nitrogen and oxygen atoms in total. The number of nitrogens with one attached hydrogen (secondary N) is 1. The molecule has 0 saturated carbocycles. The topological polar surface area (TPSA) is 42.2 Å². The van der Waals surface area contributed by atoms with E-state index in [9.17, 15) is 0 Å². The smallest absolute Gasteiger partial charge is 0.133 e. The number of imidazole rings is 1. The van der Waals surface area contributed by atoms with Gasteiger partial charge in [-0.15, -0.1) is 24.8 Å². The molecule has 2 heterocycles. The number of hydrogen-bond acceptors (Lipinski definition) is 2. The molecule has 0 amide bonds. The van der Waals surface area contributed by atoms with Crippen molar-refractivity contribution in [3.63, 3.8) is 0 Å². The molecule has 0 unspecified atom stereocenters. The molecule has 0 radical (unpaired) electrons. The minimum atomic E-state index is 0. The Hall–Kier alpha value is -2.04. The summed E-state index contributed by atoms with van der Waals surface area (Å²) in [6.07, 6.45) is 6.64. The van der Waals surface area contributed by atoms with E-state index < -0.39 is 0 Å². The second-order valence-electron chi connectivity index (χ2n) is 5.22. The molecule has 23 heavy (non-hydrogen) atoms. The highest BCUT2D eigenvalue weighted by molar-refractivity contribution is 6.25. The van der Waals surface area contributed by atoms with Gasteiger partial charge in [0.25, 0.3) is 0 Å². The zero-order chi connectivity index (χ0) is 14.1. The third-order valence-corrected chi connectivity index (χ3v) is 3.82. The third kappa shape index (κ3) is 3.33. The molecule has 0 fully saturated rings. The number of aliphatic imine (C=N–C) groups is 1. The molecule has 0 atom stereocenters. The molecular formula is C17H18Cl2N4. The summed E-state index contributed by atoms with van der Waals surface area (Å²) in [5.74, 6) is 0.993. The molecule has 0 spiro atoms. The first-order chi connectivity index (χ1) is 10.4. The average molecular weight is 349 g/mol. The normalized spacial score (nSPS) is 13.5. The van der Waals surface area contributed by atoms with Gasteiger partial charge in [-0.05, 0) is 17.9 Å². The maximum atomic E-state index is 4.73. The summed E-state index contributed by atoms with van der Waals surface area (Å²) in [4.78, 5) is 8.78. The van der Waals surface area contributed by atoms with Gasteiger partial charge in [0.15, 0.2) is 0 Å². The van der Waals surface area contributed by atoms with Crippen molar-refractivity contribution in [2.45, 2.75) is 13.0 Å². The molecule has 6 heteroatoms. The molecule has 2 aromatic carbocycles. The van der Waals surface area contributed by atoms with Crippen molar-refractivity contribution in [2.24, 2.45) is 4.99 Å². The van der Waals surface area contributed by atoms with Crippen LogP contribution in [0.25, 0.3) is 10.8 Å². The van der Waals surface area contributed by atoms with Gasteiger partial charge in [-0.3, -0.25) is 4.99 Å².